The van der Waals surface area contributed by atoms with Crippen LogP contribution in [-0.4, -0.2) is 12.8 Å². The summed E-state index contributed by atoms with van der Waals surface area (Å²) in [6.07, 6.45) is 1.80. The van der Waals surface area contributed by atoms with Gasteiger partial charge in [0, 0.05) is 24.2 Å². The van der Waals surface area contributed by atoms with Crippen molar-refractivity contribution >= 4 is 28.9 Å². The second kappa shape index (κ2) is 4.81. The lowest BCUT2D eigenvalue weighted by Crippen LogP contribution is -2.60. The van der Waals surface area contributed by atoms with Crippen LogP contribution in [0.2, 0.25) is 10.0 Å². The second-order valence-corrected chi connectivity index (χ2v) is 7.81. The Morgan fingerprint density at radius 1 is 1.13 bits per heavy atom. The van der Waals surface area contributed by atoms with Crippen molar-refractivity contribution in [2.24, 2.45) is 0 Å². The molecule has 0 bridgehead atoms. The van der Waals surface area contributed by atoms with E-state index in [1.54, 1.807) is 6.07 Å². The number of rotatable bonds is 0. The van der Waals surface area contributed by atoms with Crippen LogP contribution in [-0.2, 0) is 11.8 Å². The van der Waals surface area contributed by atoms with Gasteiger partial charge in [-0.1, -0.05) is 41.4 Å². The fourth-order valence-corrected chi connectivity index (χ4v) is 4.81. The molecule has 0 aromatic heterocycles. The number of fused-ring (bicyclic) bond motifs is 2. The Kier molecular flexibility index (Phi) is 3.17. The van der Waals surface area contributed by atoms with Gasteiger partial charge < -0.3 is 9.64 Å². The summed E-state index contributed by atoms with van der Waals surface area (Å²) in [4.78, 5) is 2.27. The van der Waals surface area contributed by atoms with E-state index in [4.69, 9.17) is 27.9 Å². The van der Waals surface area contributed by atoms with Crippen LogP contribution in [0.25, 0.3) is 0 Å². The zero-order chi connectivity index (χ0) is 16.4. The smallest absolute Gasteiger partial charge is 0.192 e. The molecule has 2 aliphatic rings. The lowest BCUT2D eigenvalue weighted by Gasteiger charge is -2.49. The largest absolute Gasteiger partial charge is 0.465 e. The summed E-state index contributed by atoms with van der Waals surface area (Å²) in [5.41, 5.74) is 3.07. The van der Waals surface area contributed by atoms with Crippen LogP contribution in [0.1, 0.15) is 31.4 Å². The van der Waals surface area contributed by atoms with Crippen molar-refractivity contribution in [2.75, 3.05) is 11.9 Å². The molecule has 2 aromatic carbocycles. The first-order chi connectivity index (χ1) is 10.9. The van der Waals surface area contributed by atoms with Gasteiger partial charge in [0.2, 0.25) is 0 Å². The zero-order valence-corrected chi connectivity index (χ0v) is 15.0. The Hall–Kier alpha value is -1.38. The quantitative estimate of drug-likeness (QED) is 0.628. The van der Waals surface area contributed by atoms with Crippen LogP contribution in [0, 0.1) is 0 Å². The first-order valence-corrected chi connectivity index (χ1v) is 8.63. The average molecular weight is 348 g/mol. The number of likely N-dealkylation sites (N-methyl/N-ethyl adjacent to an activating group) is 1. The average Bonchev–Trinajstić information content (AvgIpc) is 2.68. The van der Waals surface area contributed by atoms with Crippen LogP contribution in [0.3, 0.4) is 0 Å². The lowest BCUT2D eigenvalue weighted by molar-refractivity contribution is -0.00570. The predicted molar refractivity (Wildman–Crippen MR) is 96.0 cm³/mol. The minimum absolute atomic E-state index is 0.140. The number of hydrogen-bond donors (Lipinski definition) is 0. The van der Waals surface area contributed by atoms with E-state index in [1.807, 2.05) is 6.07 Å². The first kappa shape index (κ1) is 15.2. The summed E-state index contributed by atoms with van der Waals surface area (Å²) in [5.74, 6) is 0.773. The van der Waals surface area contributed by atoms with Crippen molar-refractivity contribution < 1.29 is 4.74 Å². The maximum atomic E-state index is 6.61. The van der Waals surface area contributed by atoms with Crippen molar-refractivity contribution in [3.05, 3.63) is 57.6 Å². The van der Waals surface area contributed by atoms with Crippen LogP contribution in [0.5, 0.6) is 5.75 Å². The van der Waals surface area contributed by atoms with Gasteiger partial charge >= 0.3 is 0 Å². The van der Waals surface area contributed by atoms with Crippen molar-refractivity contribution in [3.8, 4) is 5.75 Å². The SMILES string of the molecule is CN1c2ccccc2C(C)(C)C12CCc1cc(Cl)cc(Cl)c1O2. The summed E-state index contributed by atoms with van der Waals surface area (Å²) in [7, 11) is 2.11. The van der Waals surface area contributed by atoms with E-state index < -0.39 is 5.72 Å². The van der Waals surface area contributed by atoms with Crippen molar-refractivity contribution in [2.45, 2.75) is 37.8 Å². The normalized spacial score (nSPS) is 24.3. The summed E-state index contributed by atoms with van der Waals surface area (Å²) in [6, 6.07) is 12.3. The van der Waals surface area contributed by atoms with Crippen LogP contribution in [0.15, 0.2) is 36.4 Å². The number of benzene rings is 2. The molecular weight excluding hydrogens is 329 g/mol. The number of anilines is 1. The molecular formula is C19H19Cl2NO. The Bertz CT molecular complexity index is 802. The van der Waals surface area contributed by atoms with E-state index in [0.29, 0.717) is 10.0 Å². The van der Waals surface area contributed by atoms with Gasteiger partial charge in [-0.15, -0.1) is 0 Å². The minimum atomic E-state index is -0.429. The summed E-state index contributed by atoms with van der Waals surface area (Å²) in [6.45, 7) is 4.51. The van der Waals surface area contributed by atoms with Crippen molar-refractivity contribution in [1.29, 1.82) is 0 Å². The molecule has 2 heterocycles. The Labute approximate surface area is 147 Å². The molecule has 0 amide bonds. The molecule has 4 heteroatoms. The van der Waals surface area contributed by atoms with E-state index in [9.17, 15) is 0 Å². The van der Waals surface area contributed by atoms with Crippen LogP contribution in [0.4, 0.5) is 5.69 Å². The third-order valence-corrected chi connectivity index (χ3v) is 6.05. The van der Waals surface area contributed by atoms with Crippen LogP contribution < -0.4 is 9.64 Å². The van der Waals surface area contributed by atoms with Gasteiger partial charge in [0.15, 0.2) is 5.72 Å². The van der Waals surface area contributed by atoms with Gasteiger partial charge in [-0.25, -0.2) is 0 Å². The van der Waals surface area contributed by atoms with Crippen molar-refractivity contribution in [1.82, 2.24) is 0 Å². The molecule has 2 aliphatic heterocycles. The topological polar surface area (TPSA) is 12.5 Å². The third kappa shape index (κ3) is 1.88. The molecule has 1 unspecified atom stereocenters. The first-order valence-electron chi connectivity index (χ1n) is 7.87. The van der Waals surface area contributed by atoms with Gasteiger partial charge in [0.05, 0.1) is 10.4 Å². The van der Waals surface area contributed by atoms with Crippen molar-refractivity contribution in [3.63, 3.8) is 0 Å². The minimum Gasteiger partial charge on any atom is -0.465 e. The molecule has 2 aromatic rings. The number of ether oxygens (including phenoxy) is 1. The highest BCUT2D eigenvalue weighted by Crippen LogP contribution is 2.56. The molecule has 0 fully saturated rings. The second-order valence-electron chi connectivity index (χ2n) is 6.96. The van der Waals surface area contributed by atoms with E-state index in [0.717, 1.165) is 24.2 Å². The Morgan fingerprint density at radius 3 is 2.61 bits per heavy atom. The highest BCUT2D eigenvalue weighted by Gasteiger charge is 2.59. The van der Waals surface area contributed by atoms with E-state index in [-0.39, 0.29) is 5.41 Å². The van der Waals surface area contributed by atoms with E-state index in [2.05, 4.69) is 50.1 Å². The Balaban J connectivity index is 1.87. The van der Waals surface area contributed by atoms with Crippen LogP contribution >= 0.6 is 23.2 Å². The highest BCUT2D eigenvalue weighted by atomic mass is 35.5. The molecule has 23 heavy (non-hydrogen) atoms. The fraction of sp³-hybridized carbons (Fsp3) is 0.368. The predicted octanol–water partition coefficient (Wildman–Crippen LogP) is 5.44. The zero-order valence-electron chi connectivity index (χ0n) is 13.5. The molecule has 0 saturated heterocycles. The molecule has 1 spiro atoms. The number of nitrogens with zero attached hydrogens (tertiary/aromatic N) is 1. The molecule has 2 nitrogen and oxygen atoms in total. The third-order valence-electron chi connectivity index (χ3n) is 5.55. The monoisotopic (exact) mass is 347 g/mol. The van der Waals surface area contributed by atoms with Gasteiger partial charge in [-0.05, 0) is 49.6 Å². The van der Waals surface area contributed by atoms with Gasteiger partial charge in [-0.3, -0.25) is 0 Å². The van der Waals surface area contributed by atoms with Gasteiger partial charge in [0.1, 0.15) is 5.75 Å². The molecule has 0 radical (unpaired) electrons. The fourth-order valence-electron chi connectivity index (χ4n) is 4.23. The number of para-hydroxylation sites is 1. The maximum Gasteiger partial charge on any atom is 0.192 e. The number of hydrogen-bond acceptors (Lipinski definition) is 2. The van der Waals surface area contributed by atoms with E-state index in [1.165, 1.54) is 11.3 Å². The number of aryl methyl sites for hydroxylation is 1. The molecule has 4 rings (SSSR count). The Morgan fingerprint density at radius 2 is 1.87 bits per heavy atom. The van der Waals surface area contributed by atoms with Gasteiger partial charge in [-0.2, -0.15) is 0 Å². The highest BCUT2D eigenvalue weighted by molar-refractivity contribution is 6.35. The molecule has 1 atom stereocenters. The standard InChI is InChI=1S/C19H19Cl2NO/c1-18(2)14-6-4-5-7-16(14)22(3)19(18)9-8-12-10-13(20)11-15(21)17(12)23-19/h4-7,10-11H,8-9H2,1-3H3. The maximum absolute atomic E-state index is 6.61. The lowest BCUT2D eigenvalue weighted by atomic mass is 9.74. The summed E-state index contributed by atoms with van der Waals surface area (Å²) in [5, 5.41) is 1.25. The summed E-state index contributed by atoms with van der Waals surface area (Å²) < 4.78 is 6.61. The molecule has 0 N–H and O–H groups in total. The number of halogens is 2. The molecule has 0 saturated carbocycles. The van der Waals surface area contributed by atoms with E-state index >= 15 is 0 Å². The van der Waals surface area contributed by atoms with Gasteiger partial charge in [0.25, 0.3) is 0 Å². The summed E-state index contributed by atoms with van der Waals surface area (Å²) >= 11 is 12.6. The molecule has 0 aliphatic carbocycles. The molecule has 120 valence electrons.